The normalized spacial score (nSPS) is 17.8. The lowest BCUT2D eigenvalue weighted by Gasteiger charge is -2.31. The molecular formula is C21H23N3O4S2. The zero-order valence-corrected chi connectivity index (χ0v) is 18.0. The van der Waals surface area contributed by atoms with Gasteiger partial charge in [-0.1, -0.05) is 30.3 Å². The van der Waals surface area contributed by atoms with Gasteiger partial charge in [0.15, 0.2) is 0 Å². The average Bonchev–Trinajstić information content (AvgIpc) is 2.77. The van der Waals surface area contributed by atoms with Gasteiger partial charge in [0.05, 0.1) is 16.3 Å². The summed E-state index contributed by atoms with van der Waals surface area (Å²) in [6, 6.07) is 14.5. The Balaban J connectivity index is 1.37. The van der Waals surface area contributed by atoms with E-state index in [2.05, 4.69) is 10.6 Å². The molecule has 1 saturated heterocycles. The molecule has 1 fully saturated rings. The van der Waals surface area contributed by atoms with Gasteiger partial charge in [-0.3, -0.25) is 9.59 Å². The van der Waals surface area contributed by atoms with Crippen molar-refractivity contribution in [2.75, 3.05) is 24.2 Å². The van der Waals surface area contributed by atoms with Crippen molar-refractivity contribution in [1.82, 2.24) is 9.62 Å². The highest BCUT2D eigenvalue weighted by Crippen LogP contribution is 2.34. The number of hydrogen-bond donors (Lipinski definition) is 2. The predicted molar refractivity (Wildman–Crippen MR) is 116 cm³/mol. The second-order valence-corrected chi connectivity index (χ2v) is 10.3. The second kappa shape index (κ2) is 8.79. The number of anilines is 1. The minimum Gasteiger partial charge on any atom is -0.352 e. The Kier molecular flexibility index (Phi) is 6.12. The van der Waals surface area contributed by atoms with Crippen molar-refractivity contribution in [1.29, 1.82) is 0 Å². The van der Waals surface area contributed by atoms with Gasteiger partial charge in [0.25, 0.3) is 0 Å². The Bertz CT molecular complexity index is 1050. The van der Waals surface area contributed by atoms with Gasteiger partial charge >= 0.3 is 0 Å². The summed E-state index contributed by atoms with van der Waals surface area (Å²) in [7, 11) is -3.68. The van der Waals surface area contributed by atoms with Crippen LogP contribution in [0.25, 0.3) is 0 Å². The third-order valence-electron chi connectivity index (χ3n) is 5.36. The second-order valence-electron chi connectivity index (χ2n) is 7.38. The van der Waals surface area contributed by atoms with E-state index in [-0.39, 0.29) is 22.6 Å². The topological polar surface area (TPSA) is 95.6 Å². The number of piperidine rings is 1. The van der Waals surface area contributed by atoms with Crippen LogP contribution in [0, 0.1) is 5.92 Å². The Morgan fingerprint density at radius 2 is 1.87 bits per heavy atom. The van der Waals surface area contributed by atoms with E-state index < -0.39 is 10.0 Å². The Hall–Kier alpha value is -2.36. The highest BCUT2D eigenvalue weighted by atomic mass is 32.2. The van der Waals surface area contributed by atoms with Gasteiger partial charge in [-0.25, -0.2) is 8.42 Å². The van der Waals surface area contributed by atoms with Crippen LogP contribution in [0.4, 0.5) is 5.69 Å². The molecule has 158 valence electrons. The molecule has 0 atom stereocenters. The van der Waals surface area contributed by atoms with Crippen molar-refractivity contribution >= 4 is 39.3 Å². The van der Waals surface area contributed by atoms with Gasteiger partial charge in [0, 0.05) is 30.4 Å². The molecule has 9 heteroatoms. The number of benzene rings is 2. The molecule has 2 heterocycles. The molecule has 7 nitrogen and oxygen atoms in total. The zero-order valence-electron chi connectivity index (χ0n) is 16.3. The van der Waals surface area contributed by atoms with Gasteiger partial charge in [0.1, 0.15) is 0 Å². The monoisotopic (exact) mass is 445 g/mol. The number of sulfonamides is 1. The Morgan fingerprint density at radius 1 is 1.13 bits per heavy atom. The molecule has 2 N–H and O–H groups in total. The van der Waals surface area contributed by atoms with E-state index in [1.165, 1.54) is 22.1 Å². The number of carbonyl (C=O) groups excluding carboxylic acids is 2. The van der Waals surface area contributed by atoms with Crippen molar-refractivity contribution < 1.29 is 18.0 Å². The Labute approximate surface area is 180 Å². The maximum Gasteiger partial charge on any atom is 0.243 e. The molecule has 0 aromatic heterocycles. The minimum absolute atomic E-state index is 0.0376. The molecule has 2 amide bonds. The van der Waals surface area contributed by atoms with Crippen LogP contribution in [0.2, 0.25) is 0 Å². The van der Waals surface area contributed by atoms with Crippen LogP contribution < -0.4 is 10.6 Å². The van der Waals surface area contributed by atoms with Crippen LogP contribution in [0.3, 0.4) is 0 Å². The quantitative estimate of drug-likeness (QED) is 0.737. The molecule has 2 aliphatic heterocycles. The van der Waals surface area contributed by atoms with Crippen molar-refractivity contribution in [2.24, 2.45) is 5.92 Å². The molecule has 4 rings (SSSR count). The van der Waals surface area contributed by atoms with Gasteiger partial charge in [0.2, 0.25) is 21.8 Å². The molecular weight excluding hydrogens is 422 g/mol. The number of nitrogens with one attached hydrogen (secondary N) is 2. The summed E-state index contributed by atoms with van der Waals surface area (Å²) in [5.74, 6) is -0.0351. The lowest BCUT2D eigenvalue weighted by Crippen LogP contribution is -2.42. The van der Waals surface area contributed by atoms with Crippen molar-refractivity contribution in [2.45, 2.75) is 29.2 Å². The van der Waals surface area contributed by atoms with Gasteiger partial charge in [-0.2, -0.15) is 4.31 Å². The fraction of sp³-hybridized carbons (Fsp3) is 0.333. The predicted octanol–water partition coefficient (Wildman–Crippen LogP) is 2.45. The third kappa shape index (κ3) is 4.53. The summed E-state index contributed by atoms with van der Waals surface area (Å²) in [5, 5.41) is 5.67. The first-order valence-corrected chi connectivity index (χ1v) is 12.2. The van der Waals surface area contributed by atoms with E-state index in [4.69, 9.17) is 0 Å². The first kappa shape index (κ1) is 20.9. The van der Waals surface area contributed by atoms with Crippen LogP contribution in [-0.4, -0.2) is 43.4 Å². The summed E-state index contributed by atoms with van der Waals surface area (Å²) in [6.07, 6.45) is 0.967. The first-order chi connectivity index (χ1) is 14.4. The van der Waals surface area contributed by atoms with Crippen molar-refractivity contribution in [3.05, 3.63) is 54.1 Å². The SMILES string of the molecule is O=C1CSc2ccc(S(=O)(=O)N3CCC(C(=O)NCc4ccccc4)CC3)cc2N1. The molecule has 30 heavy (non-hydrogen) atoms. The van der Waals surface area contributed by atoms with E-state index in [0.29, 0.717) is 43.9 Å². The van der Waals surface area contributed by atoms with Crippen LogP contribution in [-0.2, 0) is 26.2 Å². The van der Waals surface area contributed by atoms with E-state index in [0.717, 1.165) is 10.5 Å². The summed E-state index contributed by atoms with van der Waals surface area (Å²) in [4.78, 5) is 25.1. The lowest BCUT2D eigenvalue weighted by molar-refractivity contribution is -0.126. The van der Waals surface area contributed by atoms with E-state index in [9.17, 15) is 18.0 Å². The largest absolute Gasteiger partial charge is 0.352 e. The summed E-state index contributed by atoms with van der Waals surface area (Å²) in [5.41, 5.74) is 1.57. The summed E-state index contributed by atoms with van der Waals surface area (Å²) in [6.45, 7) is 1.06. The number of fused-ring (bicyclic) bond motifs is 1. The minimum atomic E-state index is -3.68. The highest BCUT2D eigenvalue weighted by Gasteiger charge is 2.32. The molecule has 0 radical (unpaired) electrons. The van der Waals surface area contributed by atoms with Crippen LogP contribution >= 0.6 is 11.8 Å². The zero-order chi connectivity index (χ0) is 21.1. The first-order valence-electron chi connectivity index (χ1n) is 9.82. The maximum atomic E-state index is 13.0. The summed E-state index contributed by atoms with van der Waals surface area (Å²) < 4.78 is 27.5. The fourth-order valence-electron chi connectivity index (χ4n) is 3.66. The molecule has 0 bridgehead atoms. The van der Waals surface area contributed by atoms with E-state index >= 15 is 0 Å². The standard InChI is InChI=1S/C21H23N3O4S2/c25-20-14-29-19-7-6-17(12-18(19)23-20)30(27,28)24-10-8-16(9-11-24)21(26)22-13-15-4-2-1-3-5-15/h1-7,12,16H,8-11,13-14H2,(H,22,26)(H,23,25). The maximum absolute atomic E-state index is 13.0. The smallest absolute Gasteiger partial charge is 0.243 e. The van der Waals surface area contributed by atoms with Crippen LogP contribution in [0.15, 0.2) is 58.3 Å². The molecule has 0 spiro atoms. The van der Waals surface area contributed by atoms with Gasteiger partial charge in [-0.05, 0) is 36.6 Å². The van der Waals surface area contributed by atoms with Gasteiger partial charge < -0.3 is 10.6 Å². The lowest BCUT2D eigenvalue weighted by atomic mass is 9.97. The molecule has 2 aromatic rings. The molecule has 0 saturated carbocycles. The molecule has 0 aliphatic carbocycles. The van der Waals surface area contributed by atoms with Gasteiger partial charge in [-0.15, -0.1) is 11.8 Å². The number of amides is 2. The number of rotatable bonds is 5. The van der Waals surface area contributed by atoms with E-state index in [1.54, 1.807) is 12.1 Å². The average molecular weight is 446 g/mol. The molecule has 2 aliphatic rings. The fourth-order valence-corrected chi connectivity index (χ4v) is 5.94. The highest BCUT2D eigenvalue weighted by molar-refractivity contribution is 8.00. The number of nitrogens with zero attached hydrogens (tertiary/aromatic N) is 1. The van der Waals surface area contributed by atoms with E-state index in [1.807, 2.05) is 30.3 Å². The van der Waals surface area contributed by atoms with Crippen molar-refractivity contribution in [3.8, 4) is 0 Å². The summed E-state index contributed by atoms with van der Waals surface area (Å²) >= 11 is 1.39. The number of thioether (sulfide) groups is 1. The molecule has 0 unspecified atom stereocenters. The van der Waals surface area contributed by atoms with Crippen molar-refractivity contribution in [3.63, 3.8) is 0 Å². The molecule has 2 aromatic carbocycles. The Morgan fingerprint density at radius 3 is 2.60 bits per heavy atom. The van der Waals surface area contributed by atoms with Crippen LogP contribution in [0.5, 0.6) is 0 Å². The van der Waals surface area contributed by atoms with Crippen LogP contribution in [0.1, 0.15) is 18.4 Å². The number of hydrogen-bond acceptors (Lipinski definition) is 5. The third-order valence-corrected chi connectivity index (χ3v) is 8.32. The number of carbonyl (C=O) groups is 2.